The molecule has 2 rings (SSSR count). The van der Waals surface area contributed by atoms with Crippen LogP contribution in [0.15, 0.2) is 18.2 Å². The molecule has 0 aromatic heterocycles. The lowest BCUT2D eigenvalue weighted by atomic mass is 10.2. The Morgan fingerprint density at radius 2 is 2.31 bits per heavy atom. The molecule has 0 bridgehead atoms. The Hall–Kier alpha value is -0.760. The van der Waals surface area contributed by atoms with E-state index >= 15 is 0 Å². The third kappa shape index (κ3) is 1.63. The predicted octanol–water partition coefficient (Wildman–Crippen LogP) is 2.43. The summed E-state index contributed by atoms with van der Waals surface area (Å²) >= 11 is 5.65. The second kappa shape index (κ2) is 3.54. The first kappa shape index (κ1) is 8.82. The molecule has 3 heteroatoms. The Morgan fingerprint density at radius 1 is 1.46 bits per heavy atom. The van der Waals surface area contributed by atoms with Gasteiger partial charge in [0.05, 0.1) is 0 Å². The van der Waals surface area contributed by atoms with E-state index < -0.39 is 0 Å². The van der Waals surface area contributed by atoms with Gasteiger partial charge in [0.2, 0.25) is 0 Å². The first-order valence-electron chi connectivity index (χ1n) is 4.40. The lowest BCUT2D eigenvalue weighted by molar-refractivity contribution is 0.627. The fraction of sp³-hybridized carbons (Fsp3) is 0.400. The molecular weight excluding hydrogens is 189 g/mol. The van der Waals surface area contributed by atoms with E-state index in [-0.39, 0.29) is 5.82 Å². The molecule has 1 aromatic carbocycles. The largest absolute Gasteiger partial charge is 0.370 e. The summed E-state index contributed by atoms with van der Waals surface area (Å²) in [4.78, 5) is 2.13. The summed E-state index contributed by atoms with van der Waals surface area (Å²) in [6.45, 7) is 1.77. The summed E-state index contributed by atoms with van der Waals surface area (Å²) < 4.78 is 12.9. The standard InChI is InChI=1S/C10H11ClFN/c11-4-6-13-5-3-8-1-2-9(12)7-10(8)13/h1-2,7H,3-6H2. The normalized spacial score (nSPS) is 14.8. The fourth-order valence-electron chi connectivity index (χ4n) is 1.75. The number of halogens is 2. The molecule has 70 valence electrons. The van der Waals surface area contributed by atoms with Gasteiger partial charge in [-0.3, -0.25) is 0 Å². The minimum Gasteiger partial charge on any atom is -0.370 e. The van der Waals surface area contributed by atoms with Gasteiger partial charge in [0, 0.05) is 24.7 Å². The van der Waals surface area contributed by atoms with E-state index in [1.54, 1.807) is 6.07 Å². The van der Waals surface area contributed by atoms with E-state index in [0.29, 0.717) is 5.88 Å². The van der Waals surface area contributed by atoms with Gasteiger partial charge in [-0.2, -0.15) is 0 Å². The second-order valence-corrected chi connectivity index (χ2v) is 3.58. The van der Waals surface area contributed by atoms with Crippen molar-refractivity contribution in [3.63, 3.8) is 0 Å². The van der Waals surface area contributed by atoms with E-state index in [1.165, 1.54) is 11.6 Å². The van der Waals surface area contributed by atoms with Crippen molar-refractivity contribution >= 4 is 17.3 Å². The number of alkyl halides is 1. The van der Waals surface area contributed by atoms with E-state index in [4.69, 9.17) is 11.6 Å². The van der Waals surface area contributed by atoms with Gasteiger partial charge in [0.25, 0.3) is 0 Å². The van der Waals surface area contributed by atoms with Crippen molar-refractivity contribution in [1.82, 2.24) is 0 Å². The van der Waals surface area contributed by atoms with Crippen LogP contribution in [0.3, 0.4) is 0 Å². The summed E-state index contributed by atoms with van der Waals surface area (Å²) in [6, 6.07) is 4.97. The zero-order valence-electron chi connectivity index (χ0n) is 7.26. The molecule has 0 fully saturated rings. The van der Waals surface area contributed by atoms with Gasteiger partial charge >= 0.3 is 0 Å². The van der Waals surface area contributed by atoms with Crippen LogP contribution in [0.4, 0.5) is 10.1 Å². The zero-order valence-corrected chi connectivity index (χ0v) is 8.02. The highest BCUT2D eigenvalue weighted by atomic mass is 35.5. The molecule has 1 aliphatic heterocycles. The average Bonchev–Trinajstić information content (AvgIpc) is 2.49. The van der Waals surface area contributed by atoms with Crippen LogP contribution in [-0.2, 0) is 6.42 Å². The summed E-state index contributed by atoms with van der Waals surface area (Å²) in [5, 5.41) is 0. The van der Waals surface area contributed by atoms with Crippen LogP contribution in [0.1, 0.15) is 5.56 Å². The van der Waals surface area contributed by atoms with Crippen molar-refractivity contribution < 1.29 is 4.39 Å². The van der Waals surface area contributed by atoms with Crippen molar-refractivity contribution in [3.05, 3.63) is 29.6 Å². The van der Waals surface area contributed by atoms with Gasteiger partial charge in [0.1, 0.15) is 5.82 Å². The molecule has 1 nitrogen and oxygen atoms in total. The van der Waals surface area contributed by atoms with Gasteiger partial charge in [-0.25, -0.2) is 4.39 Å². The van der Waals surface area contributed by atoms with Gasteiger partial charge in [-0.15, -0.1) is 11.6 Å². The molecule has 0 amide bonds. The molecule has 0 saturated carbocycles. The number of hydrogen-bond acceptors (Lipinski definition) is 1. The highest BCUT2D eigenvalue weighted by Gasteiger charge is 2.18. The lowest BCUT2D eigenvalue weighted by Crippen LogP contribution is -2.22. The SMILES string of the molecule is Fc1ccc2c(c1)N(CCCl)CC2. The third-order valence-corrected chi connectivity index (χ3v) is 2.56. The molecule has 0 spiro atoms. The highest BCUT2D eigenvalue weighted by Crippen LogP contribution is 2.28. The van der Waals surface area contributed by atoms with Crippen LogP contribution in [0.2, 0.25) is 0 Å². The van der Waals surface area contributed by atoms with E-state index in [2.05, 4.69) is 4.90 Å². The number of nitrogens with zero attached hydrogens (tertiary/aromatic N) is 1. The van der Waals surface area contributed by atoms with E-state index in [9.17, 15) is 4.39 Å². The molecule has 13 heavy (non-hydrogen) atoms. The molecule has 0 N–H and O–H groups in total. The fourth-order valence-corrected chi connectivity index (χ4v) is 1.96. The average molecular weight is 200 g/mol. The molecular formula is C10H11ClFN. The molecule has 0 aliphatic carbocycles. The molecule has 0 saturated heterocycles. The molecule has 1 aliphatic rings. The van der Waals surface area contributed by atoms with Crippen LogP contribution < -0.4 is 4.90 Å². The van der Waals surface area contributed by atoms with Gasteiger partial charge < -0.3 is 4.90 Å². The summed E-state index contributed by atoms with van der Waals surface area (Å²) in [5.41, 5.74) is 2.24. The maximum absolute atomic E-state index is 12.9. The first-order chi connectivity index (χ1) is 6.31. The van der Waals surface area contributed by atoms with Crippen LogP contribution >= 0.6 is 11.6 Å². The Morgan fingerprint density at radius 3 is 3.08 bits per heavy atom. The van der Waals surface area contributed by atoms with Crippen molar-refractivity contribution in [3.8, 4) is 0 Å². The van der Waals surface area contributed by atoms with Crippen LogP contribution in [-0.4, -0.2) is 19.0 Å². The summed E-state index contributed by atoms with van der Waals surface area (Å²) in [6.07, 6.45) is 1.01. The predicted molar refractivity (Wildman–Crippen MR) is 53.0 cm³/mol. The van der Waals surface area contributed by atoms with Crippen molar-refractivity contribution in [2.24, 2.45) is 0 Å². The molecule has 0 radical (unpaired) electrons. The highest BCUT2D eigenvalue weighted by molar-refractivity contribution is 6.18. The van der Waals surface area contributed by atoms with E-state index in [1.807, 2.05) is 6.07 Å². The Labute approximate surface area is 82.1 Å². The van der Waals surface area contributed by atoms with Gasteiger partial charge in [-0.1, -0.05) is 6.07 Å². The third-order valence-electron chi connectivity index (χ3n) is 2.39. The molecule has 0 atom stereocenters. The van der Waals surface area contributed by atoms with Gasteiger partial charge in [0.15, 0.2) is 0 Å². The first-order valence-corrected chi connectivity index (χ1v) is 4.94. The zero-order chi connectivity index (χ0) is 9.26. The number of hydrogen-bond donors (Lipinski definition) is 0. The minimum atomic E-state index is -0.166. The molecule has 1 heterocycles. The maximum atomic E-state index is 12.9. The van der Waals surface area contributed by atoms with Crippen LogP contribution in [0, 0.1) is 5.82 Å². The topological polar surface area (TPSA) is 3.24 Å². The summed E-state index contributed by atoms with van der Waals surface area (Å²) in [5.74, 6) is 0.427. The van der Waals surface area contributed by atoms with Crippen molar-refractivity contribution in [1.29, 1.82) is 0 Å². The Balaban J connectivity index is 2.29. The maximum Gasteiger partial charge on any atom is 0.125 e. The van der Waals surface area contributed by atoms with E-state index in [0.717, 1.165) is 25.2 Å². The number of anilines is 1. The lowest BCUT2D eigenvalue weighted by Gasteiger charge is -2.17. The van der Waals surface area contributed by atoms with Crippen molar-refractivity contribution in [2.45, 2.75) is 6.42 Å². The van der Waals surface area contributed by atoms with Crippen LogP contribution in [0.25, 0.3) is 0 Å². The van der Waals surface area contributed by atoms with Gasteiger partial charge in [-0.05, 0) is 24.1 Å². The quantitative estimate of drug-likeness (QED) is 0.662. The summed E-state index contributed by atoms with van der Waals surface area (Å²) in [7, 11) is 0. The Bertz CT molecular complexity index is 312. The second-order valence-electron chi connectivity index (χ2n) is 3.20. The minimum absolute atomic E-state index is 0.166. The smallest absolute Gasteiger partial charge is 0.125 e. The number of benzene rings is 1. The number of fused-ring (bicyclic) bond motifs is 1. The van der Waals surface area contributed by atoms with Crippen molar-refractivity contribution in [2.75, 3.05) is 23.9 Å². The van der Waals surface area contributed by atoms with Crippen LogP contribution in [0.5, 0.6) is 0 Å². The molecule has 1 aromatic rings. The number of rotatable bonds is 2. The monoisotopic (exact) mass is 199 g/mol. The Kier molecular flexibility index (Phi) is 2.40. The molecule has 0 unspecified atom stereocenters.